The van der Waals surface area contributed by atoms with Gasteiger partial charge in [-0.3, -0.25) is 15.5 Å². The Morgan fingerprint density at radius 2 is 2.21 bits per heavy atom. The molecule has 0 radical (unpaired) electrons. The van der Waals surface area contributed by atoms with Crippen LogP contribution in [0, 0.1) is 16.0 Å². The van der Waals surface area contributed by atoms with Gasteiger partial charge in [0.2, 0.25) is 0 Å². The van der Waals surface area contributed by atoms with Gasteiger partial charge in [-0.2, -0.15) is 5.10 Å². The van der Waals surface area contributed by atoms with Crippen LogP contribution in [-0.2, 0) is 0 Å². The predicted octanol–water partition coefficient (Wildman–Crippen LogP) is 2.14. The number of nitrogens with one attached hydrogen (secondary N) is 2. The van der Waals surface area contributed by atoms with Gasteiger partial charge < -0.3 is 10.2 Å². The monoisotopic (exact) mass is 367 g/mol. The molecule has 2 N–H and O–H groups in total. The lowest BCUT2D eigenvalue weighted by Crippen LogP contribution is -2.58. The minimum Gasteiger partial charge on any atom is -0.357 e. The first-order chi connectivity index (χ1) is 11.5. The van der Waals surface area contributed by atoms with Gasteiger partial charge in [-0.05, 0) is 56.2 Å². The molecule has 0 saturated carbocycles. The standard InChI is InChI=1S/C15H18ClN5O2S/c16-12-1-2-14(21(22)23)11(7-12)8-17-19-15(24)18-13-9-20-5-3-10(13)4-6-20/h1-2,7-8,10,13H,3-6,9H2,(H2,18,19,24). The van der Waals surface area contributed by atoms with Crippen LogP contribution in [-0.4, -0.2) is 46.8 Å². The molecule has 2 bridgehead atoms. The van der Waals surface area contributed by atoms with E-state index in [9.17, 15) is 10.1 Å². The summed E-state index contributed by atoms with van der Waals surface area (Å²) < 4.78 is 0. The third-order valence-electron chi connectivity index (χ3n) is 4.53. The van der Waals surface area contributed by atoms with E-state index in [0.29, 0.717) is 27.7 Å². The molecule has 7 nitrogen and oxygen atoms in total. The molecule has 0 spiro atoms. The third kappa shape index (κ3) is 4.00. The SMILES string of the molecule is O=[N+]([O-])c1ccc(Cl)cc1C=NNC(=S)NC1CN2CCC1CC2. The molecule has 1 unspecified atom stereocenters. The lowest BCUT2D eigenvalue weighted by Gasteiger charge is -2.45. The first-order valence-corrected chi connectivity index (χ1v) is 8.57. The van der Waals surface area contributed by atoms with Crippen molar-refractivity contribution >= 4 is 40.8 Å². The van der Waals surface area contributed by atoms with Gasteiger partial charge in [0.15, 0.2) is 5.11 Å². The number of thiocarbonyl (C=S) groups is 1. The van der Waals surface area contributed by atoms with Crippen LogP contribution in [0.5, 0.6) is 0 Å². The fraction of sp³-hybridized carbons (Fsp3) is 0.467. The van der Waals surface area contributed by atoms with Gasteiger partial charge >= 0.3 is 0 Å². The van der Waals surface area contributed by atoms with Crippen molar-refractivity contribution in [2.45, 2.75) is 18.9 Å². The number of nitro groups is 1. The summed E-state index contributed by atoms with van der Waals surface area (Å²) in [6.07, 6.45) is 3.74. The second kappa shape index (κ2) is 7.42. The Bertz CT molecular complexity index is 676. The lowest BCUT2D eigenvalue weighted by molar-refractivity contribution is -0.385. The number of hydrazone groups is 1. The van der Waals surface area contributed by atoms with Crippen LogP contribution < -0.4 is 10.7 Å². The largest absolute Gasteiger partial charge is 0.357 e. The Hall–Kier alpha value is -1.77. The third-order valence-corrected chi connectivity index (χ3v) is 4.97. The van der Waals surface area contributed by atoms with Crippen molar-refractivity contribution in [1.29, 1.82) is 0 Å². The van der Waals surface area contributed by atoms with Crippen LogP contribution >= 0.6 is 23.8 Å². The van der Waals surface area contributed by atoms with Crippen molar-refractivity contribution in [3.05, 3.63) is 38.9 Å². The Labute approximate surface area is 150 Å². The maximum Gasteiger partial charge on any atom is 0.278 e. The highest BCUT2D eigenvalue weighted by Crippen LogP contribution is 2.27. The van der Waals surface area contributed by atoms with Crippen molar-refractivity contribution in [3.63, 3.8) is 0 Å². The zero-order valence-corrected chi connectivity index (χ0v) is 14.5. The second-order valence-corrected chi connectivity index (χ2v) is 6.89. The number of halogens is 1. The van der Waals surface area contributed by atoms with E-state index in [2.05, 4.69) is 20.7 Å². The van der Waals surface area contributed by atoms with Gasteiger partial charge in [-0.1, -0.05) is 11.6 Å². The lowest BCUT2D eigenvalue weighted by atomic mass is 9.84. The second-order valence-electron chi connectivity index (χ2n) is 6.05. The van der Waals surface area contributed by atoms with Crippen molar-refractivity contribution in [2.75, 3.05) is 19.6 Å². The summed E-state index contributed by atoms with van der Waals surface area (Å²) in [7, 11) is 0. The van der Waals surface area contributed by atoms with Crippen LogP contribution in [0.15, 0.2) is 23.3 Å². The molecule has 0 aromatic heterocycles. The zero-order valence-electron chi connectivity index (χ0n) is 12.9. The predicted molar refractivity (Wildman–Crippen MR) is 97.5 cm³/mol. The fourth-order valence-electron chi connectivity index (χ4n) is 3.28. The number of benzene rings is 1. The molecule has 3 heterocycles. The van der Waals surface area contributed by atoms with E-state index in [1.54, 1.807) is 0 Å². The molecule has 3 aliphatic heterocycles. The first kappa shape index (κ1) is 17.1. The molecular weight excluding hydrogens is 350 g/mol. The average Bonchev–Trinajstić information content (AvgIpc) is 2.55. The minimum atomic E-state index is -0.471. The molecule has 24 heavy (non-hydrogen) atoms. The molecule has 1 atom stereocenters. The van der Waals surface area contributed by atoms with Crippen molar-refractivity contribution in [2.24, 2.45) is 11.0 Å². The van der Waals surface area contributed by atoms with E-state index < -0.39 is 4.92 Å². The first-order valence-electron chi connectivity index (χ1n) is 7.79. The van der Waals surface area contributed by atoms with Crippen LogP contribution in [0.3, 0.4) is 0 Å². The van der Waals surface area contributed by atoms with E-state index in [-0.39, 0.29) is 5.69 Å². The van der Waals surface area contributed by atoms with E-state index in [0.717, 1.165) is 6.54 Å². The van der Waals surface area contributed by atoms with Crippen LogP contribution in [0.2, 0.25) is 5.02 Å². The molecule has 1 aromatic rings. The average molecular weight is 368 g/mol. The van der Waals surface area contributed by atoms with E-state index in [4.69, 9.17) is 23.8 Å². The Balaban J connectivity index is 1.57. The number of rotatable bonds is 4. The van der Waals surface area contributed by atoms with Crippen molar-refractivity contribution < 1.29 is 4.92 Å². The highest BCUT2D eigenvalue weighted by Gasteiger charge is 2.34. The number of nitrogens with zero attached hydrogens (tertiary/aromatic N) is 3. The molecule has 3 aliphatic rings. The van der Waals surface area contributed by atoms with Gasteiger partial charge in [0.05, 0.1) is 16.7 Å². The van der Waals surface area contributed by atoms with Gasteiger partial charge in [-0.15, -0.1) is 0 Å². The molecular formula is C15H18ClN5O2S. The van der Waals surface area contributed by atoms with E-state index >= 15 is 0 Å². The van der Waals surface area contributed by atoms with E-state index in [1.807, 2.05) is 0 Å². The zero-order chi connectivity index (χ0) is 17.1. The number of fused-ring (bicyclic) bond motifs is 3. The van der Waals surface area contributed by atoms with Gasteiger partial charge in [0, 0.05) is 23.7 Å². The Morgan fingerprint density at radius 3 is 2.83 bits per heavy atom. The molecule has 4 rings (SSSR count). The summed E-state index contributed by atoms with van der Waals surface area (Å²) in [4.78, 5) is 13.0. The molecule has 0 aliphatic carbocycles. The highest BCUT2D eigenvalue weighted by molar-refractivity contribution is 7.80. The molecule has 9 heteroatoms. The molecule has 1 aromatic carbocycles. The van der Waals surface area contributed by atoms with Crippen LogP contribution in [0.25, 0.3) is 0 Å². The quantitative estimate of drug-likeness (QED) is 0.367. The Kier molecular flexibility index (Phi) is 5.27. The number of nitro benzene ring substituents is 1. The van der Waals surface area contributed by atoms with Crippen molar-refractivity contribution in [1.82, 2.24) is 15.6 Å². The summed E-state index contributed by atoms with van der Waals surface area (Å²) in [6.45, 7) is 3.33. The summed E-state index contributed by atoms with van der Waals surface area (Å²) in [5, 5.41) is 19.1. The number of hydrogen-bond acceptors (Lipinski definition) is 5. The maximum absolute atomic E-state index is 11.0. The minimum absolute atomic E-state index is 0.0544. The highest BCUT2D eigenvalue weighted by atomic mass is 35.5. The number of piperidine rings is 3. The maximum atomic E-state index is 11.0. The number of hydrogen-bond donors (Lipinski definition) is 2. The van der Waals surface area contributed by atoms with Crippen LogP contribution in [0.1, 0.15) is 18.4 Å². The Morgan fingerprint density at radius 1 is 1.46 bits per heavy atom. The molecule has 0 amide bonds. The summed E-state index contributed by atoms with van der Waals surface area (Å²) in [6, 6.07) is 4.66. The van der Waals surface area contributed by atoms with E-state index in [1.165, 1.54) is 50.3 Å². The fourth-order valence-corrected chi connectivity index (χ4v) is 3.67. The van der Waals surface area contributed by atoms with Crippen LogP contribution in [0.4, 0.5) is 5.69 Å². The topological polar surface area (TPSA) is 82.8 Å². The summed E-state index contributed by atoms with van der Waals surface area (Å²) in [5.74, 6) is 0.646. The van der Waals surface area contributed by atoms with Gasteiger partial charge in [0.1, 0.15) is 0 Å². The smallest absolute Gasteiger partial charge is 0.278 e. The molecule has 128 valence electrons. The summed E-state index contributed by atoms with van der Waals surface area (Å²) >= 11 is 11.1. The summed E-state index contributed by atoms with van der Waals surface area (Å²) in [5.41, 5.74) is 3.00. The normalized spacial score (nSPS) is 25.6. The molecule has 3 fully saturated rings. The van der Waals surface area contributed by atoms with Gasteiger partial charge in [-0.25, -0.2) is 0 Å². The van der Waals surface area contributed by atoms with Gasteiger partial charge in [0.25, 0.3) is 5.69 Å². The molecule has 3 saturated heterocycles. The van der Waals surface area contributed by atoms with Crippen molar-refractivity contribution in [3.8, 4) is 0 Å².